The fourth-order valence-electron chi connectivity index (χ4n) is 4.20. The molecule has 130 valence electrons. The Hall–Kier alpha value is -2.45. The van der Waals surface area contributed by atoms with Crippen molar-refractivity contribution in [2.45, 2.75) is 44.3 Å². The van der Waals surface area contributed by atoms with E-state index in [-0.39, 0.29) is 31.4 Å². The van der Waals surface area contributed by atoms with Crippen LogP contribution in [-0.2, 0) is 9.53 Å². The standard InChI is InChI=1S/C20H21N3O2.H2/c1-12-2-4-14(5-3-12)23-20(24)19-17-7-6-16(25-17)18(19)13-8-9-22-15(10-13)11-21;/h2,4-5,8-10,12,16-19H,3,6-7H2,1H3,(H,23,24);1H/t12?,16?,17-,18+,19-;/m1./s1. The van der Waals surface area contributed by atoms with E-state index in [0.29, 0.717) is 11.6 Å². The lowest BCUT2D eigenvalue weighted by Crippen LogP contribution is -2.39. The molecule has 2 saturated heterocycles. The third-order valence-electron chi connectivity index (χ3n) is 5.44. The molecule has 4 rings (SSSR count). The Kier molecular flexibility index (Phi) is 4.14. The van der Waals surface area contributed by atoms with Gasteiger partial charge in [-0.25, -0.2) is 4.98 Å². The van der Waals surface area contributed by atoms with E-state index in [1.165, 1.54) is 0 Å². The number of ether oxygens (including phenoxy) is 1. The second-order valence-electron chi connectivity index (χ2n) is 7.15. The molecule has 1 N–H and O–H groups in total. The first-order valence-electron chi connectivity index (χ1n) is 8.86. The van der Waals surface area contributed by atoms with Gasteiger partial charge in [-0.05, 0) is 49.0 Å². The van der Waals surface area contributed by atoms with Crippen molar-refractivity contribution < 1.29 is 11.0 Å². The number of nitrogens with zero attached hydrogens (tertiary/aromatic N) is 2. The number of carbonyl (C=O) groups is 1. The molecule has 1 aromatic rings. The maximum atomic E-state index is 13.0. The number of nitrogens with one attached hydrogen (secondary N) is 1. The van der Waals surface area contributed by atoms with Crippen molar-refractivity contribution in [1.82, 2.24) is 10.3 Å². The topological polar surface area (TPSA) is 75.0 Å². The quantitative estimate of drug-likeness (QED) is 0.920. The zero-order chi connectivity index (χ0) is 17.4. The molecule has 0 spiro atoms. The minimum atomic E-state index is -0.221. The molecule has 2 bridgehead atoms. The SMILES string of the molecule is CC1C=CC(NC(=O)[C@@H]2[C@H]3CCC(O3)[C@@H]2c2ccnc(C#N)c2)=CC1.[HH]. The summed E-state index contributed by atoms with van der Waals surface area (Å²) in [6.45, 7) is 2.15. The summed E-state index contributed by atoms with van der Waals surface area (Å²) in [5.41, 5.74) is 2.23. The van der Waals surface area contributed by atoms with Crippen LogP contribution in [0.5, 0.6) is 0 Å². The van der Waals surface area contributed by atoms with E-state index in [1.807, 2.05) is 12.1 Å². The molecule has 5 heteroatoms. The number of amides is 1. The molecule has 5 atom stereocenters. The molecule has 1 aromatic heterocycles. The van der Waals surface area contributed by atoms with Gasteiger partial charge in [0.2, 0.25) is 5.91 Å². The molecule has 2 fully saturated rings. The Morgan fingerprint density at radius 1 is 1.44 bits per heavy atom. The molecule has 2 unspecified atom stereocenters. The van der Waals surface area contributed by atoms with Gasteiger partial charge < -0.3 is 10.1 Å². The smallest absolute Gasteiger partial charge is 0.230 e. The number of allylic oxidation sites excluding steroid dienone is 3. The molecular weight excluding hydrogens is 314 g/mol. The Balaban J connectivity index is 0.00000196. The Morgan fingerprint density at radius 2 is 2.28 bits per heavy atom. The highest BCUT2D eigenvalue weighted by Gasteiger charge is 2.52. The minimum Gasteiger partial charge on any atom is -0.373 e. The van der Waals surface area contributed by atoms with Gasteiger partial charge in [-0.3, -0.25) is 4.79 Å². The van der Waals surface area contributed by atoms with Crippen LogP contribution in [0.4, 0.5) is 0 Å². The molecule has 1 aliphatic carbocycles. The highest BCUT2D eigenvalue weighted by Crippen LogP contribution is 2.49. The van der Waals surface area contributed by atoms with Crippen molar-refractivity contribution in [3.63, 3.8) is 0 Å². The predicted molar refractivity (Wildman–Crippen MR) is 94.3 cm³/mol. The molecule has 2 aliphatic heterocycles. The van der Waals surface area contributed by atoms with Gasteiger partial charge in [0, 0.05) is 19.2 Å². The second-order valence-corrected chi connectivity index (χ2v) is 7.15. The number of hydrogen-bond acceptors (Lipinski definition) is 4. The van der Waals surface area contributed by atoms with Crippen LogP contribution in [-0.4, -0.2) is 23.1 Å². The van der Waals surface area contributed by atoms with Crippen molar-refractivity contribution in [3.05, 3.63) is 53.5 Å². The van der Waals surface area contributed by atoms with Gasteiger partial charge in [0.15, 0.2) is 0 Å². The van der Waals surface area contributed by atoms with Gasteiger partial charge >= 0.3 is 0 Å². The van der Waals surface area contributed by atoms with Crippen molar-refractivity contribution in [2.75, 3.05) is 0 Å². The van der Waals surface area contributed by atoms with E-state index in [4.69, 9.17) is 10.00 Å². The maximum absolute atomic E-state index is 13.0. The van der Waals surface area contributed by atoms with Gasteiger partial charge in [0.25, 0.3) is 0 Å². The van der Waals surface area contributed by atoms with Crippen LogP contribution < -0.4 is 5.32 Å². The Bertz CT molecular complexity index is 798. The Labute approximate surface area is 148 Å². The van der Waals surface area contributed by atoms with E-state index < -0.39 is 0 Å². The van der Waals surface area contributed by atoms with E-state index in [9.17, 15) is 4.79 Å². The molecule has 0 radical (unpaired) electrons. The molecular formula is C20H23N3O2. The summed E-state index contributed by atoms with van der Waals surface area (Å²) in [7, 11) is 0. The van der Waals surface area contributed by atoms with Crippen molar-refractivity contribution in [1.29, 1.82) is 5.26 Å². The van der Waals surface area contributed by atoms with E-state index in [2.05, 4.69) is 35.4 Å². The number of pyridine rings is 1. The number of carbonyl (C=O) groups excluding carboxylic acids is 1. The van der Waals surface area contributed by atoms with Crippen LogP contribution in [0.15, 0.2) is 42.3 Å². The van der Waals surface area contributed by atoms with Gasteiger partial charge in [-0.1, -0.05) is 19.1 Å². The fraction of sp³-hybridized carbons (Fsp3) is 0.450. The third kappa shape index (κ3) is 2.98. The lowest BCUT2D eigenvalue weighted by Gasteiger charge is -2.28. The van der Waals surface area contributed by atoms with Gasteiger partial charge in [-0.2, -0.15) is 5.26 Å². The second kappa shape index (κ2) is 6.45. The first kappa shape index (κ1) is 16.0. The average molecular weight is 337 g/mol. The van der Waals surface area contributed by atoms with Crippen LogP contribution >= 0.6 is 0 Å². The number of nitriles is 1. The monoisotopic (exact) mass is 337 g/mol. The molecule has 1 amide bonds. The lowest BCUT2D eigenvalue weighted by molar-refractivity contribution is -0.126. The predicted octanol–water partition coefficient (Wildman–Crippen LogP) is 3.06. The van der Waals surface area contributed by atoms with E-state index >= 15 is 0 Å². The van der Waals surface area contributed by atoms with Crippen LogP contribution in [0, 0.1) is 23.2 Å². The molecule has 0 aromatic carbocycles. The highest BCUT2D eigenvalue weighted by atomic mass is 16.5. The van der Waals surface area contributed by atoms with E-state index in [1.54, 1.807) is 12.3 Å². The minimum absolute atomic E-state index is 0. The van der Waals surface area contributed by atoms with Crippen LogP contribution in [0.1, 0.15) is 44.8 Å². The fourth-order valence-corrected chi connectivity index (χ4v) is 4.20. The van der Waals surface area contributed by atoms with E-state index in [0.717, 1.165) is 30.5 Å². The van der Waals surface area contributed by atoms with Crippen LogP contribution in [0.3, 0.4) is 0 Å². The number of aromatic nitrogens is 1. The van der Waals surface area contributed by atoms with Crippen LogP contribution in [0.25, 0.3) is 0 Å². The summed E-state index contributed by atoms with van der Waals surface area (Å²) >= 11 is 0. The zero-order valence-electron chi connectivity index (χ0n) is 14.2. The summed E-state index contributed by atoms with van der Waals surface area (Å²) in [6.07, 6.45) is 10.6. The third-order valence-corrected chi connectivity index (χ3v) is 5.44. The van der Waals surface area contributed by atoms with Crippen molar-refractivity contribution >= 4 is 5.91 Å². The van der Waals surface area contributed by atoms with Crippen LogP contribution in [0.2, 0.25) is 0 Å². The summed E-state index contributed by atoms with van der Waals surface area (Å²) in [6, 6.07) is 5.77. The van der Waals surface area contributed by atoms with Crippen molar-refractivity contribution in [3.8, 4) is 6.07 Å². The Morgan fingerprint density at radius 3 is 3.04 bits per heavy atom. The average Bonchev–Trinajstić information content (AvgIpc) is 3.25. The summed E-state index contributed by atoms with van der Waals surface area (Å²) in [5, 5.41) is 12.2. The zero-order valence-corrected chi connectivity index (χ0v) is 14.2. The summed E-state index contributed by atoms with van der Waals surface area (Å²) in [4.78, 5) is 17.0. The first-order chi connectivity index (χ1) is 12.2. The largest absolute Gasteiger partial charge is 0.373 e. The maximum Gasteiger partial charge on any atom is 0.230 e. The van der Waals surface area contributed by atoms with Gasteiger partial charge in [-0.15, -0.1) is 0 Å². The first-order valence-corrected chi connectivity index (χ1v) is 8.86. The van der Waals surface area contributed by atoms with Gasteiger partial charge in [0.1, 0.15) is 11.8 Å². The molecule has 3 aliphatic rings. The number of fused-ring (bicyclic) bond motifs is 2. The number of hydrogen-bond donors (Lipinski definition) is 1. The summed E-state index contributed by atoms with van der Waals surface area (Å²) in [5.74, 6) is 0.292. The van der Waals surface area contributed by atoms with Gasteiger partial charge in [0.05, 0.1) is 18.1 Å². The molecule has 25 heavy (non-hydrogen) atoms. The number of rotatable bonds is 3. The van der Waals surface area contributed by atoms with Crippen molar-refractivity contribution in [2.24, 2.45) is 11.8 Å². The molecule has 3 heterocycles. The summed E-state index contributed by atoms with van der Waals surface area (Å²) < 4.78 is 6.05. The molecule has 0 saturated carbocycles. The normalized spacial score (nSPS) is 33.0. The molecule has 5 nitrogen and oxygen atoms in total. The lowest BCUT2D eigenvalue weighted by atomic mass is 9.75. The highest BCUT2D eigenvalue weighted by molar-refractivity contribution is 5.83.